The van der Waals surface area contributed by atoms with Crippen molar-refractivity contribution < 1.29 is 0 Å². The van der Waals surface area contributed by atoms with E-state index in [9.17, 15) is 0 Å². The second-order valence-corrected chi connectivity index (χ2v) is 7.96. The number of nitrogens with zero attached hydrogens (tertiary/aromatic N) is 2. The van der Waals surface area contributed by atoms with E-state index in [1.807, 2.05) is 6.20 Å². The minimum Gasteiger partial charge on any atom is -0.302 e. The molecule has 2 heteroatoms. The molecule has 2 heterocycles. The van der Waals surface area contributed by atoms with Crippen molar-refractivity contribution in [3.63, 3.8) is 0 Å². The Kier molecular flexibility index (Phi) is 3.61. The quantitative estimate of drug-likeness (QED) is 0.581. The summed E-state index contributed by atoms with van der Waals surface area (Å²) >= 11 is 0. The minimum atomic E-state index is -0.0622. The van der Waals surface area contributed by atoms with E-state index in [0.717, 1.165) is 0 Å². The van der Waals surface area contributed by atoms with Crippen molar-refractivity contribution in [3.8, 4) is 16.8 Å². The van der Waals surface area contributed by atoms with Crippen LogP contribution in [-0.4, -0.2) is 9.55 Å². The molecule has 0 spiro atoms. The van der Waals surface area contributed by atoms with Crippen molar-refractivity contribution in [2.45, 2.75) is 46.0 Å². The second-order valence-electron chi connectivity index (χ2n) is 7.96. The van der Waals surface area contributed by atoms with Crippen molar-refractivity contribution in [2.75, 3.05) is 0 Å². The Balaban J connectivity index is 2.06. The topological polar surface area (TPSA) is 17.8 Å². The highest BCUT2D eigenvalue weighted by Crippen LogP contribution is 2.50. The predicted octanol–water partition coefficient (Wildman–Crippen LogP) is 5.94. The van der Waals surface area contributed by atoms with Crippen LogP contribution in [0.1, 0.15) is 57.5 Å². The van der Waals surface area contributed by atoms with E-state index < -0.39 is 0 Å². The molecule has 0 bridgehead atoms. The molecule has 0 fully saturated rings. The van der Waals surface area contributed by atoms with Gasteiger partial charge in [0.1, 0.15) is 5.82 Å². The fraction of sp³-hybridized carbons (Fsp3) is 0.348. The summed E-state index contributed by atoms with van der Waals surface area (Å²) in [7, 11) is 0. The summed E-state index contributed by atoms with van der Waals surface area (Å²) in [5, 5.41) is 0. The molecule has 1 atom stereocenters. The highest BCUT2D eigenvalue weighted by Gasteiger charge is 2.44. The van der Waals surface area contributed by atoms with E-state index in [2.05, 4.69) is 87.8 Å². The molecule has 25 heavy (non-hydrogen) atoms. The van der Waals surface area contributed by atoms with Gasteiger partial charge in [-0.2, -0.15) is 0 Å². The summed E-state index contributed by atoms with van der Waals surface area (Å²) in [4.78, 5) is 4.75. The number of imidazole rings is 1. The number of fused-ring (bicyclic) bond motifs is 3. The standard InChI is InChI=1S/C23H26N2/c1-15(2)19-13-18(17-9-7-6-8-10-17)14-20-21(19)25-12-11-24-22(25)23(20,5)16(3)4/h6-16H,1-5H3. The summed E-state index contributed by atoms with van der Waals surface area (Å²) in [6.07, 6.45) is 4.06. The predicted molar refractivity (Wildman–Crippen MR) is 104 cm³/mol. The van der Waals surface area contributed by atoms with Gasteiger partial charge in [-0.25, -0.2) is 4.98 Å². The van der Waals surface area contributed by atoms with Crippen LogP contribution in [0.15, 0.2) is 54.9 Å². The van der Waals surface area contributed by atoms with Gasteiger partial charge in [-0.1, -0.05) is 58.0 Å². The average molecular weight is 330 g/mol. The van der Waals surface area contributed by atoms with Gasteiger partial charge in [0.25, 0.3) is 0 Å². The molecule has 128 valence electrons. The molecule has 0 aliphatic carbocycles. The first-order valence-electron chi connectivity index (χ1n) is 9.22. The molecule has 4 rings (SSSR count). The zero-order chi connectivity index (χ0) is 17.8. The van der Waals surface area contributed by atoms with Gasteiger partial charge < -0.3 is 4.57 Å². The van der Waals surface area contributed by atoms with Crippen molar-refractivity contribution in [1.29, 1.82) is 0 Å². The summed E-state index contributed by atoms with van der Waals surface area (Å²) in [5.41, 5.74) is 6.69. The van der Waals surface area contributed by atoms with E-state index in [4.69, 9.17) is 4.98 Å². The largest absolute Gasteiger partial charge is 0.302 e. The molecule has 0 N–H and O–H groups in total. The van der Waals surface area contributed by atoms with Crippen molar-refractivity contribution in [2.24, 2.45) is 5.92 Å². The van der Waals surface area contributed by atoms with Crippen LogP contribution in [0.5, 0.6) is 0 Å². The number of hydrogen-bond donors (Lipinski definition) is 0. The fourth-order valence-electron chi connectivity index (χ4n) is 4.12. The Morgan fingerprint density at radius 1 is 0.960 bits per heavy atom. The van der Waals surface area contributed by atoms with Gasteiger partial charge in [0.15, 0.2) is 0 Å². The molecule has 0 saturated carbocycles. The van der Waals surface area contributed by atoms with Crippen LogP contribution in [0, 0.1) is 5.92 Å². The molecule has 1 aromatic heterocycles. The maximum absolute atomic E-state index is 4.75. The van der Waals surface area contributed by atoms with Crippen LogP contribution in [0.25, 0.3) is 16.8 Å². The van der Waals surface area contributed by atoms with E-state index in [1.165, 1.54) is 33.8 Å². The highest BCUT2D eigenvalue weighted by molar-refractivity contribution is 5.72. The molecule has 0 amide bonds. The van der Waals surface area contributed by atoms with Crippen LogP contribution in [0.2, 0.25) is 0 Å². The molecular weight excluding hydrogens is 304 g/mol. The van der Waals surface area contributed by atoms with Gasteiger partial charge in [0.05, 0.1) is 11.1 Å². The van der Waals surface area contributed by atoms with Crippen molar-refractivity contribution in [1.82, 2.24) is 9.55 Å². The maximum atomic E-state index is 4.75. The van der Waals surface area contributed by atoms with E-state index in [0.29, 0.717) is 11.8 Å². The normalized spacial score (nSPS) is 18.7. The van der Waals surface area contributed by atoms with Crippen molar-refractivity contribution >= 4 is 0 Å². The van der Waals surface area contributed by atoms with Gasteiger partial charge in [-0.15, -0.1) is 0 Å². The third-order valence-electron chi connectivity index (χ3n) is 5.93. The molecule has 0 saturated heterocycles. The average Bonchev–Trinajstić information content (AvgIpc) is 3.17. The van der Waals surface area contributed by atoms with Gasteiger partial charge in [0, 0.05) is 12.4 Å². The molecule has 0 radical (unpaired) electrons. The summed E-state index contributed by atoms with van der Waals surface area (Å²) in [6, 6.07) is 15.5. The first kappa shape index (κ1) is 16.1. The van der Waals surface area contributed by atoms with Crippen LogP contribution in [0.3, 0.4) is 0 Å². The SMILES string of the molecule is CC(C)c1cc(-c2ccccc2)cc2c1-n1ccnc1C2(C)C(C)C. The zero-order valence-corrected chi connectivity index (χ0v) is 15.7. The Labute approximate surface area is 150 Å². The third-order valence-corrected chi connectivity index (χ3v) is 5.93. The van der Waals surface area contributed by atoms with Crippen LogP contribution >= 0.6 is 0 Å². The molecule has 2 nitrogen and oxygen atoms in total. The van der Waals surface area contributed by atoms with Gasteiger partial charge in [-0.05, 0) is 53.1 Å². The second kappa shape index (κ2) is 5.59. The number of hydrogen-bond acceptors (Lipinski definition) is 1. The smallest absolute Gasteiger partial charge is 0.123 e. The lowest BCUT2D eigenvalue weighted by atomic mass is 9.72. The highest BCUT2D eigenvalue weighted by atomic mass is 15.1. The Bertz CT molecular complexity index is 919. The maximum Gasteiger partial charge on any atom is 0.123 e. The Morgan fingerprint density at radius 3 is 2.32 bits per heavy atom. The summed E-state index contributed by atoms with van der Waals surface area (Å²) in [5.74, 6) is 2.10. The fourth-order valence-corrected chi connectivity index (χ4v) is 4.12. The Morgan fingerprint density at radius 2 is 1.68 bits per heavy atom. The molecular formula is C23H26N2. The lowest BCUT2D eigenvalue weighted by Gasteiger charge is -2.29. The molecule has 3 aromatic rings. The number of benzene rings is 2. The van der Waals surface area contributed by atoms with Gasteiger partial charge >= 0.3 is 0 Å². The van der Waals surface area contributed by atoms with Crippen molar-refractivity contribution in [3.05, 3.63) is 71.8 Å². The minimum absolute atomic E-state index is 0.0622. The zero-order valence-electron chi connectivity index (χ0n) is 15.7. The summed E-state index contributed by atoms with van der Waals surface area (Å²) in [6.45, 7) is 11.5. The third kappa shape index (κ3) is 2.20. The lowest BCUT2D eigenvalue weighted by molar-refractivity contribution is 0.397. The van der Waals surface area contributed by atoms with Crippen LogP contribution in [-0.2, 0) is 5.41 Å². The van der Waals surface area contributed by atoms with E-state index in [-0.39, 0.29) is 5.41 Å². The van der Waals surface area contributed by atoms with E-state index >= 15 is 0 Å². The monoisotopic (exact) mass is 330 g/mol. The van der Waals surface area contributed by atoms with Crippen LogP contribution < -0.4 is 0 Å². The number of rotatable bonds is 3. The lowest BCUT2D eigenvalue weighted by Crippen LogP contribution is -2.28. The van der Waals surface area contributed by atoms with Crippen LogP contribution in [0.4, 0.5) is 0 Å². The number of aromatic nitrogens is 2. The molecule has 1 aliphatic rings. The molecule has 1 aliphatic heterocycles. The molecule has 2 aromatic carbocycles. The van der Waals surface area contributed by atoms with E-state index in [1.54, 1.807) is 0 Å². The Hall–Kier alpha value is -2.35. The summed E-state index contributed by atoms with van der Waals surface area (Å²) < 4.78 is 2.32. The van der Waals surface area contributed by atoms with Gasteiger partial charge in [-0.3, -0.25) is 0 Å². The first-order chi connectivity index (χ1) is 11.9. The molecule has 1 unspecified atom stereocenters. The van der Waals surface area contributed by atoms with Gasteiger partial charge in [0.2, 0.25) is 0 Å². The first-order valence-corrected chi connectivity index (χ1v) is 9.22.